The smallest absolute Gasteiger partial charge is 0.343 e. The molecule has 1 atom stereocenters. The molecule has 3 nitrogen and oxygen atoms in total. The van der Waals surface area contributed by atoms with Crippen LogP contribution >= 0.6 is 11.6 Å². The van der Waals surface area contributed by atoms with Crippen molar-refractivity contribution in [1.29, 1.82) is 5.26 Å². The van der Waals surface area contributed by atoms with E-state index >= 15 is 0 Å². The van der Waals surface area contributed by atoms with Gasteiger partial charge in [-0.05, 0) is 30.3 Å². The first kappa shape index (κ1) is 19.3. The SMILES string of the molecule is N#Cc1cc(Cl)cc(Oc2ccc3c(c2C(F)F)C(O)C(F)(F)C3(F)F)c1. The average Bonchev–Trinajstić information content (AvgIpc) is 2.71. The van der Waals surface area contributed by atoms with Gasteiger partial charge < -0.3 is 9.84 Å². The molecule has 0 saturated heterocycles. The molecule has 1 N–H and O–H groups in total. The van der Waals surface area contributed by atoms with Crippen molar-refractivity contribution in [3.8, 4) is 17.6 Å². The van der Waals surface area contributed by atoms with Gasteiger partial charge in [-0.3, -0.25) is 0 Å². The molecule has 0 aliphatic heterocycles. The number of aliphatic hydroxyl groups is 1. The highest BCUT2D eigenvalue weighted by molar-refractivity contribution is 6.30. The van der Waals surface area contributed by atoms with E-state index in [1.165, 1.54) is 6.07 Å². The van der Waals surface area contributed by atoms with Crippen LogP contribution in [0.1, 0.15) is 34.8 Å². The fraction of sp³-hybridized carbons (Fsp3) is 0.235. The normalized spacial score (nSPS) is 19.6. The number of hydrogen-bond donors (Lipinski definition) is 1. The lowest BCUT2D eigenvalue weighted by atomic mass is 10.0. The highest BCUT2D eigenvalue weighted by Crippen LogP contribution is 2.60. The van der Waals surface area contributed by atoms with Crippen LogP contribution in [-0.4, -0.2) is 11.0 Å². The second-order valence-corrected chi connectivity index (χ2v) is 6.17. The van der Waals surface area contributed by atoms with E-state index < -0.39 is 46.8 Å². The predicted molar refractivity (Wildman–Crippen MR) is 81.4 cm³/mol. The Balaban J connectivity index is 2.17. The molecule has 2 aromatic rings. The zero-order valence-electron chi connectivity index (χ0n) is 13.0. The molecular formula is C17H8ClF6NO2. The number of nitriles is 1. The summed E-state index contributed by atoms with van der Waals surface area (Å²) in [5.41, 5.74) is -3.93. The number of rotatable bonds is 3. The molecule has 1 aliphatic rings. The average molecular weight is 408 g/mol. The summed E-state index contributed by atoms with van der Waals surface area (Å²) in [5.74, 6) is -10.7. The molecule has 10 heteroatoms. The molecule has 27 heavy (non-hydrogen) atoms. The zero-order chi connectivity index (χ0) is 20.1. The van der Waals surface area contributed by atoms with E-state index in [1.54, 1.807) is 6.07 Å². The van der Waals surface area contributed by atoms with Crippen LogP contribution in [0.2, 0.25) is 5.02 Å². The summed E-state index contributed by atoms with van der Waals surface area (Å²) in [5, 5.41) is 18.5. The summed E-state index contributed by atoms with van der Waals surface area (Å²) in [6, 6.07) is 6.47. The Morgan fingerprint density at radius 2 is 1.81 bits per heavy atom. The third-order valence-corrected chi connectivity index (χ3v) is 4.29. The molecule has 0 heterocycles. The van der Waals surface area contributed by atoms with E-state index in [2.05, 4.69) is 0 Å². The summed E-state index contributed by atoms with van der Waals surface area (Å²) in [6.45, 7) is 0. The molecule has 0 fully saturated rings. The summed E-state index contributed by atoms with van der Waals surface area (Å²) in [6.07, 6.45) is -6.63. The van der Waals surface area contributed by atoms with Gasteiger partial charge in [-0.25, -0.2) is 8.78 Å². The first-order valence-corrected chi connectivity index (χ1v) is 7.66. The van der Waals surface area contributed by atoms with E-state index in [4.69, 9.17) is 21.6 Å². The van der Waals surface area contributed by atoms with Crippen molar-refractivity contribution in [2.75, 3.05) is 0 Å². The van der Waals surface area contributed by atoms with E-state index in [-0.39, 0.29) is 16.3 Å². The molecule has 1 unspecified atom stereocenters. The van der Waals surface area contributed by atoms with Gasteiger partial charge in [0.25, 0.3) is 6.43 Å². The molecule has 0 bridgehead atoms. The molecule has 1 aliphatic carbocycles. The third kappa shape index (κ3) is 2.89. The highest BCUT2D eigenvalue weighted by Gasteiger charge is 2.69. The maximum absolute atomic E-state index is 13.9. The lowest BCUT2D eigenvalue weighted by Gasteiger charge is -2.21. The van der Waals surface area contributed by atoms with Crippen LogP contribution < -0.4 is 4.74 Å². The highest BCUT2D eigenvalue weighted by atomic mass is 35.5. The lowest BCUT2D eigenvalue weighted by molar-refractivity contribution is -0.246. The van der Waals surface area contributed by atoms with Gasteiger partial charge in [0, 0.05) is 16.1 Å². The van der Waals surface area contributed by atoms with Gasteiger partial charge in [0.15, 0.2) is 6.10 Å². The van der Waals surface area contributed by atoms with Crippen LogP contribution in [0.25, 0.3) is 0 Å². The van der Waals surface area contributed by atoms with Gasteiger partial charge >= 0.3 is 11.8 Å². The number of hydrogen-bond acceptors (Lipinski definition) is 3. The molecule has 0 aromatic heterocycles. The predicted octanol–water partition coefficient (Wildman–Crippen LogP) is 5.72. The number of benzene rings is 2. The van der Waals surface area contributed by atoms with Crippen molar-refractivity contribution in [2.45, 2.75) is 24.4 Å². The number of nitrogens with zero attached hydrogens (tertiary/aromatic N) is 1. The molecule has 142 valence electrons. The molecule has 0 amide bonds. The molecular weight excluding hydrogens is 400 g/mol. The van der Waals surface area contributed by atoms with Gasteiger partial charge in [-0.2, -0.15) is 22.8 Å². The summed E-state index contributed by atoms with van der Waals surface area (Å²) >= 11 is 5.77. The molecule has 0 saturated carbocycles. The third-order valence-electron chi connectivity index (χ3n) is 4.07. The second-order valence-electron chi connectivity index (χ2n) is 5.73. The fourth-order valence-corrected chi connectivity index (χ4v) is 3.07. The monoisotopic (exact) mass is 407 g/mol. The van der Waals surface area contributed by atoms with Crippen molar-refractivity contribution in [1.82, 2.24) is 0 Å². The Hall–Kier alpha value is -2.44. The Bertz CT molecular complexity index is 957. The lowest BCUT2D eigenvalue weighted by Crippen LogP contribution is -2.36. The van der Waals surface area contributed by atoms with Crippen LogP contribution in [-0.2, 0) is 5.92 Å². The van der Waals surface area contributed by atoms with Crippen molar-refractivity contribution >= 4 is 11.6 Å². The first-order valence-electron chi connectivity index (χ1n) is 7.28. The van der Waals surface area contributed by atoms with Gasteiger partial charge in [-0.15, -0.1) is 0 Å². The van der Waals surface area contributed by atoms with Crippen molar-refractivity contribution in [3.63, 3.8) is 0 Å². The van der Waals surface area contributed by atoms with Gasteiger partial charge in [0.1, 0.15) is 11.5 Å². The first-order chi connectivity index (χ1) is 12.5. The largest absolute Gasteiger partial charge is 0.457 e. The van der Waals surface area contributed by atoms with Gasteiger partial charge in [0.05, 0.1) is 17.2 Å². The van der Waals surface area contributed by atoms with Crippen LogP contribution in [0.15, 0.2) is 30.3 Å². The Labute approximate surface area is 153 Å². The van der Waals surface area contributed by atoms with Crippen LogP contribution in [0.3, 0.4) is 0 Å². The van der Waals surface area contributed by atoms with E-state index in [0.717, 1.165) is 12.1 Å². The summed E-state index contributed by atoms with van der Waals surface area (Å²) in [4.78, 5) is 0. The van der Waals surface area contributed by atoms with Crippen molar-refractivity contribution < 1.29 is 36.2 Å². The quantitative estimate of drug-likeness (QED) is 0.662. The minimum Gasteiger partial charge on any atom is -0.457 e. The van der Waals surface area contributed by atoms with Crippen LogP contribution in [0, 0.1) is 11.3 Å². The number of fused-ring (bicyclic) bond motifs is 1. The number of alkyl halides is 6. The fourth-order valence-electron chi connectivity index (χ4n) is 2.84. The minimum atomic E-state index is -4.96. The topological polar surface area (TPSA) is 53.2 Å². The Morgan fingerprint density at radius 3 is 2.41 bits per heavy atom. The Kier molecular flexibility index (Phi) is 4.52. The second kappa shape index (κ2) is 6.32. The standard InChI is InChI=1S/C17H8ClF6NO2/c18-8-3-7(6-25)4-9(5-8)27-11-2-1-10-12(13(11)15(19)20)14(26)17(23,24)16(10,21)22/h1-5,14-15,26H. The van der Waals surface area contributed by atoms with E-state index in [1.807, 2.05) is 0 Å². The molecule has 0 radical (unpaired) electrons. The van der Waals surface area contributed by atoms with Gasteiger partial charge in [0.2, 0.25) is 0 Å². The molecule has 3 rings (SSSR count). The van der Waals surface area contributed by atoms with Crippen molar-refractivity contribution in [2.24, 2.45) is 0 Å². The number of aliphatic hydroxyl groups excluding tert-OH is 1. The Morgan fingerprint density at radius 1 is 1.15 bits per heavy atom. The van der Waals surface area contributed by atoms with Crippen molar-refractivity contribution in [3.05, 3.63) is 57.6 Å². The molecule has 0 spiro atoms. The minimum absolute atomic E-state index is 0.0235. The molecule has 2 aromatic carbocycles. The maximum atomic E-state index is 13.9. The van der Waals surface area contributed by atoms with Crippen LogP contribution in [0.4, 0.5) is 26.3 Å². The summed E-state index contributed by atoms with van der Waals surface area (Å²) < 4.78 is 87.4. The maximum Gasteiger partial charge on any atom is 0.343 e. The van der Waals surface area contributed by atoms with Crippen LogP contribution in [0.5, 0.6) is 11.5 Å². The number of ether oxygens (including phenoxy) is 1. The number of halogens is 7. The van der Waals surface area contributed by atoms with E-state index in [9.17, 15) is 31.4 Å². The van der Waals surface area contributed by atoms with Gasteiger partial charge in [-0.1, -0.05) is 11.6 Å². The summed E-state index contributed by atoms with van der Waals surface area (Å²) in [7, 11) is 0. The zero-order valence-corrected chi connectivity index (χ0v) is 13.7. The van der Waals surface area contributed by atoms with E-state index in [0.29, 0.717) is 12.1 Å².